The maximum absolute atomic E-state index is 10.2. The molecule has 0 heterocycles. The first-order valence-electron chi connectivity index (χ1n) is 3.27. The minimum absolute atomic E-state index is 0.0629. The van der Waals surface area contributed by atoms with Gasteiger partial charge in [-0.15, -0.1) is 0 Å². The number of aliphatic hydroxyl groups excluding tert-OH is 1. The van der Waals surface area contributed by atoms with Crippen LogP contribution in [0.4, 0.5) is 0 Å². The molecule has 1 atom stereocenters. The second kappa shape index (κ2) is 4.66. The first-order chi connectivity index (χ1) is 4.95. The van der Waals surface area contributed by atoms with E-state index in [1.165, 1.54) is 0 Å². The molecule has 0 fully saturated rings. The molecular weight excluding hydrogens is 170 g/mol. The molecule has 0 aromatic carbocycles. The van der Waals surface area contributed by atoms with Gasteiger partial charge in [0.2, 0.25) is 0 Å². The van der Waals surface area contributed by atoms with Gasteiger partial charge in [-0.3, -0.25) is 4.55 Å². The van der Waals surface area contributed by atoms with Crippen molar-refractivity contribution in [2.75, 3.05) is 12.4 Å². The van der Waals surface area contributed by atoms with Gasteiger partial charge in [0, 0.05) is 12.6 Å². The summed E-state index contributed by atoms with van der Waals surface area (Å²) >= 11 is 0. The Morgan fingerprint density at radius 2 is 1.91 bits per heavy atom. The Hall–Kier alpha value is -0.170. The molecule has 0 bridgehead atoms. The molecule has 0 aliphatic heterocycles. The van der Waals surface area contributed by atoms with E-state index in [1.807, 2.05) is 0 Å². The number of aliphatic hydroxyl groups is 1. The minimum atomic E-state index is -3.90. The summed E-state index contributed by atoms with van der Waals surface area (Å²) in [5.41, 5.74) is 5.36. The van der Waals surface area contributed by atoms with Gasteiger partial charge < -0.3 is 10.8 Å². The lowest BCUT2D eigenvalue weighted by molar-refractivity contribution is 0.274. The quantitative estimate of drug-likeness (QED) is 0.473. The van der Waals surface area contributed by atoms with Crippen LogP contribution in [0.25, 0.3) is 0 Å². The lowest BCUT2D eigenvalue weighted by Gasteiger charge is -2.06. The van der Waals surface area contributed by atoms with E-state index in [1.54, 1.807) is 0 Å². The molecule has 0 rings (SSSR count). The molecule has 68 valence electrons. The van der Waals surface area contributed by atoms with Crippen molar-refractivity contribution in [2.45, 2.75) is 18.9 Å². The van der Waals surface area contributed by atoms with Gasteiger partial charge in [0.25, 0.3) is 10.1 Å². The highest BCUT2D eigenvalue weighted by Gasteiger charge is 2.08. The Bertz CT molecular complexity index is 189. The maximum atomic E-state index is 10.2. The van der Waals surface area contributed by atoms with Crippen LogP contribution in [0.5, 0.6) is 0 Å². The third-order valence-corrected chi connectivity index (χ3v) is 2.00. The molecule has 0 radical (unpaired) electrons. The topological polar surface area (TPSA) is 101 Å². The predicted octanol–water partition coefficient (Wildman–Crippen LogP) is -1.03. The fraction of sp³-hybridized carbons (Fsp3) is 1.00. The molecule has 0 aliphatic rings. The van der Waals surface area contributed by atoms with Crippen molar-refractivity contribution in [2.24, 2.45) is 5.73 Å². The summed E-state index contributed by atoms with van der Waals surface area (Å²) in [5.74, 6) is -0.339. The van der Waals surface area contributed by atoms with Crippen LogP contribution in [0, 0.1) is 0 Å². The molecule has 5 nitrogen and oxygen atoms in total. The van der Waals surface area contributed by atoms with Crippen LogP contribution in [-0.4, -0.2) is 36.5 Å². The lowest BCUT2D eigenvalue weighted by Crippen LogP contribution is -2.24. The van der Waals surface area contributed by atoms with Gasteiger partial charge in [0.15, 0.2) is 0 Å². The molecule has 6 heteroatoms. The molecule has 0 spiro atoms. The third kappa shape index (κ3) is 7.73. The molecule has 4 N–H and O–H groups in total. The van der Waals surface area contributed by atoms with Crippen molar-refractivity contribution < 1.29 is 18.1 Å². The zero-order chi connectivity index (χ0) is 8.91. The van der Waals surface area contributed by atoms with Crippen LogP contribution >= 0.6 is 0 Å². The van der Waals surface area contributed by atoms with Gasteiger partial charge >= 0.3 is 0 Å². The van der Waals surface area contributed by atoms with Crippen molar-refractivity contribution >= 4 is 10.1 Å². The van der Waals surface area contributed by atoms with Gasteiger partial charge in [0.05, 0.1) is 5.75 Å². The van der Waals surface area contributed by atoms with E-state index in [0.29, 0.717) is 6.42 Å². The second-order valence-electron chi connectivity index (χ2n) is 2.35. The average Bonchev–Trinajstić information content (AvgIpc) is 1.83. The Morgan fingerprint density at radius 3 is 2.27 bits per heavy atom. The van der Waals surface area contributed by atoms with Crippen LogP contribution in [0.2, 0.25) is 0 Å². The summed E-state index contributed by atoms with van der Waals surface area (Å²) in [4.78, 5) is 0. The highest BCUT2D eigenvalue weighted by molar-refractivity contribution is 7.85. The lowest BCUT2D eigenvalue weighted by atomic mass is 10.2. The Kier molecular flexibility index (Phi) is 4.58. The summed E-state index contributed by atoms with van der Waals surface area (Å²) in [6.07, 6.45) is 0.537. The van der Waals surface area contributed by atoms with E-state index in [2.05, 4.69) is 0 Å². The van der Waals surface area contributed by atoms with Gasteiger partial charge in [-0.05, 0) is 12.8 Å². The molecule has 0 aromatic heterocycles. The van der Waals surface area contributed by atoms with Crippen LogP contribution < -0.4 is 5.73 Å². The highest BCUT2D eigenvalue weighted by atomic mass is 32.2. The standard InChI is InChI=1S/C5H13NO4S/c6-5(1-3-7)2-4-11(8,9)10/h5,7H,1-4,6H2,(H,8,9,10). The van der Waals surface area contributed by atoms with Crippen LogP contribution in [0.1, 0.15) is 12.8 Å². The van der Waals surface area contributed by atoms with Crippen LogP contribution in [0.3, 0.4) is 0 Å². The molecule has 11 heavy (non-hydrogen) atoms. The van der Waals surface area contributed by atoms with Gasteiger partial charge in [0.1, 0.15) is 0 Å². The van der Waals surface area contributed by atoms with E-state index >= 15 is 0 Å². The Morgan fingerprint density at radius 1 is 1.36 bits per heavy atom. The first kappa shape index (κ1) is 10.8. The molecule has 1 unspecified atom stereocenters. The molecule has 0 amide bonds. The molecular formula is C5H13NO4S. The smallest absolute Gasteiger partial charge is 0.264 e. The normalized spacial score (nSPS) is 14.8. The number of nitrogens with two attached hydrogens (primary N) is 1. The summed E-state index contributed by atoms with van der Waals surface area (Å²) < 4.78 is 28.6. The molecule has 0 aromatic rings. The van der Waals surface area contributed by atoms with Crippen LogP contribution in [-0.2, 0) is 10.1 Å². The minimum Gasteiger partial charge on any atom is -0.396 e. The van der Waals surface area contributed by atoms with E-state index in [9.17, 15) is 8.42 Å². The van der Waals surface area contributed by atoms with Crippen molar-refractivity contribution in [3.8, 4) is 0 Å². The second-order valence-corrected chi connectivity index (χ2v) is 3.92. The Labute approximate surface area is 66.0 Å². The maximum Gasteiger partial charge on any atom is 0.264 e. The summed E-state index contributed by atoms with van der Waals surface area (Å²) in [5, 5.41) is 8.37. The predicted molar refractivity (Wildman–Crippen MR) is 40.7 cm³/mol. The van der Waals surface area contributed by atoms with Gasteiger partial charge in [-0.25, -0.2) is 0 Å². The fourth-order valence-corrected chi connectivity index (χ4v) is 1.21. The van der Waals surface area contributed by atoms with E-state index in [-0.39, 0.29) is 24.8 Å². The van der Waals surface area contributed by atoms with Gasteiger partial charge in [-0.1, -0.05) is 0 Å². The number of hydrogen-bond donors (Lipinski definition) is 3. The van der Waals surface area contributed by atoms with Crippen molar-refractivity contribution in [1.29, 1.82) is 0 Å². The first-order valence-corrected chi connectivity index (χ1v) is 4.88. The van der Waals surface area contributed by atoms with E-state index in [4.69, 9.17) is 15.4 Å². The molecule has 0 saturated heterocycles. The third-order valence-electron chi connectivity index (χ3n) is 1.25. The van der Waals surface area contributed by atoms with Crippen molar-refractivity contribution in [3.63, 3.8) is 0 Å². The molecule has 0 aliphatic carbocycles. The van der Waals surface area contributed by atoms with Crippen LogP contribution in [0.15, 0.2) is 0 Å². The zero-order valence-corrected chi connectivity index (χ0v) is 6.92. The average molecular weight is 183 g/mol. The number of hydrogen-bond acceptors (Lipinski definition) is 4. The summed E-state index contributed by atoms with van der Waals surface area (Å²) in [6, 6.07) is -0.359. The van der Waals surface area contributed by atoms with Gasteiger partial charge in [-0.2, -0.15) is 8.42 Å². The Balaban J connectivity index is 3.54. The van der Waals surface area contributed by atoms with Crippen molar-refractivity contribution in [1.82, 2.24) is 0 Å². The fourth-order valence-electron chi connectivity index (χ4n) is 0.610. The SMILES string of the molecule is NC(CCO)CCS(=O)(=O)O. The highest BCUT2D eigenvalue weighted by Crippen LogP contribution is 1.96. The van der Waals surface area contributed by atoms with E-state index < -0.39 is 10.1 Å². The molecule has 0 saturated carbocycles. The van der Waals surface area contributed by atoms with Crippen molar-refractivity contribution in [3.05, 3.63) is 0 Å². The monoisotopic (exact) mass is 183 g/mol. The van der Waals surface area contributed by atoms with E-state index in [0.717, 1.165) is 0 Å². The number of rotatable bonds is 5. The largest absolute Gasteiger partial charge is 0.396 e. The summed E-state index contributed by atoms with van der Waals surface area (Å²) in [6.45, 7) is -0.0629. The zero-order valence-electron chi connectivity index (χ0n) is 6.10. The summed E-state index contributed by atoms with van der Waals surface area (Å²) in [7, 11) is -3.90.